The van der Waals surface area contributed by atoms with E-state index in [2.05, 4.69) is 5.32 Å². The summed E-state index contributed by atoms with van der Waals surface area (Å²) in [5, 5.41) is 10.5. The van der Waals surface area contributed by atoms with E-state index >= 15 is 0 Å². The van der Waals surface area contributed by atoms with Gasteiger partial charge in [-0.3, -0.25) is 4.79 Å². The smallest absolute Gasteiger partial charge is 0.408 e. The Morgan fingerprint density at radius 3 is 2.29 bits per heavy atom. The molecule has 8 nitrogen and oxygen atoms in total. The number of amides is 1. The van der Waals surface area contributed by atoms with E-state index in [9.17, 15) is 19.2 Å². The second-order valence-electron chi connectivity index (χ2n) is 5.71. The number of carboxylic acids is 1. The fourth-order valence-corrected chi connectivity index (χ4v) is 2.12. The number of rotatable bonds is 7. The minimum atomic E-state index is -1.21. The first-order valence-electron chi connectivity index (χ1n) is 7.20. The van der Waals surface area contributed by atoms with E-state index in [0.29, 0.717) is 11.8 Å². The number of carbonyl (C=O) groups excluding carboxylic acids is 3. The lowest BCUT2D eigenvalue weighted by molar-refractivity contribution is -0.145. The average molecular weight is 361 g/mol. The third-order valence-electron chi connectivity index (χ3n) is 2.33. The Hall–Kier alpha value is -2.03. The maximum absolute atomic E-state index is 11.9. The second kappa shape index (κ2) is 9.96. The predicted octanol–water partition coefficient (Wildman–Crippen LogP) is 1.73. The molecule has 0 aromatic rings. The number of hydrogen-bond donors (Lipinski definition) is 2. The van der Waals surface area contributed by atoms with Crippen LogP contribution in [-0.4, -0.2) is 52.3 Å². The van der Waals surface area contributed by atoms with E-state index in [1.165, 1.54) is 6.92 Å². The number of thioether (sulfide) groups is 1. The van der Waals surface area contributed by atoms with Gasteiger partial charge in [0.2, 0.25) is 5.12 Å². The van der Waals surface area contributed by atoms with Crippen molar-refractivity contribution < 1.29 is 33.8 Å². The van der Waals surface area contributed by atoms with Gasteiger partial charge in [0.15, 0.2) is 0 Å². The van der Waals surface area contributed by atoms with Crippen LogP contribution in [0.1, 0.15) is 34.6 Å². The maximum Gasteiger partial charge on any atom is 0.408 e. The van der Waals surface area contributed by atoms with Crippen LogP contribution >= 0.6 is 11.8 Å². The molecule has 0 aliphatic heterocycles. The normalized spacial score (nSPS) is 13.0. The van der Waals surface area contributed by atoms with Crippen molar-refractivity contribution in [2.24, 2.45) is 0 Å². The fourth-order valence-electron chi connectivity index (χ4n) is 1.31. The first-order chi connectivity index (χ1) is 11.0. The van der Waals surface area contributed by atoms with E-state index in [4.69, 9.17) is 14.6 Å². The Morgan fingerprint density at radius 1 is 1.25 bits per heavy atom. The highest BCUT2D eigenvalue weighted by molar-refractivity contribution is 8.14. The topological polar surface area (TPSA) is 119 Å². The van der Waals surface area contributed by atoms with Gasteiger partial charge in [-0.2, -0.15) is 0 Å². The summed E-state index contributed by atoms with van der Waals surface area (Å²) in [6.07, 6.45) is 0.133. The third-order valence-corrected chi connectivity index (χ3v) is 3.23. The molecule has 9 heteroatoms. The molecule has 1 atom stereocenters. The van der Waals surface area contributed by atoms with Crippen LogP contribution in [0, 0.1) is 0 Å². The van der Waals surface area contributed by atoms with E-state index in [1.807, 2.05) is 0 Å². The summed E-state index contributed by atoms with van der Waals surface area (Å²) < 4.78 is 9.90. The minimum absolute atomic E-state index is 0.111. The summed E-state index contributed by atoms with van der Waals surface area (Å²) >= 11 is 0.695. The van der Waals surface area contributed by atoms with Crippen molar-refractivity contribution in [3.05, 3.63) is 11.6 Å². The van der Waals surface area contributed by atoms with Gasteiger partial charge in [0.25, 0.3) is 0 Å². The molecule has 24 heavy (non-hydrogen) atoms. The summed E-state index contributed by atoms with van der Waals surface area (Å²) in [6, 6.07) is -1.09. The van der Waals surface area contributed by atoms with Crippen molar-refractivity contribution >= 4 is 34.9 Å². The number of carboxylic acid groups (broad SMARTS) is 1. The van der Waals surface area contributed by atoms with Crippen molar-refractivity contribution in [1.82, 2.24) is 5.32 Å². The highest BCUT2D eigenvalue weighted by atomic mass is 32.2. The molecule has 0 aromatic carbocycles. The van der Waals surface area contributed by atoms with Gasteiger partial charge in [-0.05, 0) is 34.6 Å². The van der Waals surface area contributed by atoms with Crippen molar-refractivity contribution in [2.75, 3.05) is 12.4 Å². The molecule has 0 saturated carbocycles. The number of ether oxygens (including phenoxy) is 2. The lowest BCUT2D eigenvalue weighted by Gasteiger charge is -2.22. The van der Waals surface area contributed by atoms with Crippen molar-refractivity contribution in [2.45, 2.75) is 46.3 Å². The zero-order valence-electron chi connectivity index (χ0n) is 14.4. The molecule has 0 rings (SSSR count). The summed E-state index contributed by atoms with van der Waals surface area (Å²) in [4.78, 5) is 46.0. The van der Waals surface area contributed by atoms with Crippen LogP contribution in [-0.2, 0) is 23.9 Å². The SMILES string of the molecule is CCOC(=O)[C@@H](CSC(=O)/C=C(\C)C(=O)O)NC(=O)OC(C)(C)C. The Balaban J connectivity index is 4.82. The van der Waals surface area contributed by atoms with Crippen molar-refractivity contribution in [3.63, 3.8) is 0 Å². The van der Waals surface area contributed by atoms with Gasteiger partial charge in [-0.1, -0.05) is 11.8 Å². The third kappa shape index (κ3) is 9.88. The Kier molecular flexibility index (Phi) is 9.12. The second-order valence-corrected chi connectivity index (χ2v) is 6.74. The summed E-state index contributed by atoms with van der Waals surface area (Å²) in [5.74, 6) is -2.03. The minimum Gasteiger partial charge on any atom is -0.478 e. The molecule has 0 aliphatic carbocycles. The van der Waals surface area contributed by atoms with E-state index < -0.39 is 34.8 Å². The molecule has 1 amide bonds. The molecule has 0 aliphatic rings. The molecule has 0 unspecified atom stereocenters. The standard InChI is InChI=1S/C15H23NO7S/c1-6-22-13(20)10(16-14(21)23-15(3,4)5)8-24-11(17)7-9(2)12(18)19/h7,10H,6,8H2,1-5H3,(H,16,21)(H,18,19)/b9-7+/t10-/m1/s1. The predicted molar refractivity (Wildman–Crippen MR) is 88.6 cm³/mol. The van der Waals surface area contributed by atoms with E-state index in [1.54, 1.807) is 27.7 Å². The summed E-state index contributed by atoms with van der Waals surface area (Å²) in [5.41, 5.74) is -0.867. The average Bonchev–Trinajstić information content (AvgIpc) is 2.41. The number of aliphatic carboxylic acids is 1. The Labute approximate surface area is 144 Å². The molecular weight excluding hydrogens is 338 g/mol. The van der Waals surface area contributed by atoms with Gasteiger partial charge < -0.3 is 19.9 Å². The number of hydrogen-bond acceptors (Lipinski definition) is 7. The zero-order chi connectivity index (χ0) is 18.9. The Bertz CT molecular complexity index is 522. The monoisotopic (exact) mass is 361 g/mol. The molecular formula is C15H23NO7S. The molecule has 0 fully saturated rings. The molecule has 0 saturated heterocycles. The van der Waals surface area contributed by atoms with Crippen molar-refractivity contribution in [3.8, 4) is 0 Å². The van der Waals surface area contributed by atoms with Gasteiger partial charge in [-0.25, -0.2) is 14.4 Å². The number of carbonyl (C=O) groups is 4. The van der Waals surface area contributed by atoms with Gasteiger partial charge in [0, 0.05) is 17.4 Å². The first kappa shape index (κ1) is 22.0. The van der Waals surface area contributed by atoms with Crippen LogP contribution in [0.4, 0.5) is 4.79 Å². The number of alkyl carbamates (subject to hydrolysis) is 1. The lowest BCUT2D eigenvalue weighted by atomic mass is 10.2. The van der Waals surface area contributed by atoms with Gasteiger partial charge in [0.1, 0.15) is 11.6 Å². The lowest BCUT2D eigenvalue weighted by Crippen LogP contribution is -2.45. The zero-order valence-corrected chi connectivity index (χ0v) is 15.2. The molecule has 0 heterocycles. The number of esters is 1. The van der Waals surface area contributed by atoms with Crippen LogP contribution in [0.25, 0.3) is 0 Å². The van der Waals surface area contributed by atoms with E-state index in [0.717, 1.165) is 6.08 Å². The molecule has 0 aromatic heterocycles. The molecule has 0 bridgehead atoms. The van der Waals surface area contributed by atoms with Crippen LogP contribution in [0.3, 0.4) is 0 Å². The summed E-state index contributed by atoms with van der Waals surface area (Å²) in [7, 11) is 0. The largest absolute Gasteiger partial charge is 0.478 e. The fraction of sp³-hybridized carbons (Fsp3) is 0.600. The van der Waals surface area contributed by atoms with Gasteiger partial charge in [0.05, 0.1) is 6.61 Å². The van der Waals surface area contributed by atoms with Crippen LogP contribution in [0.15, 0.2) is 11.6 Å². The molecule has 136 valence electrons. The first-order valence-corrected chi connectivity index (χ1v) is 8.19. The van der Waals surface area contributed by atoms with Crippen LogP contribution in [0.5, 0.6) is 0 Å². The van der Waals surface area contributed by atoms with Crippen LogP contribution in [0.2, 0.25) is 0 Å². The Morgan fingerprint density at radius 2 is 1.83 bits per heavy atom. The van der Waals surface area contributed by atoms with Crippen LogP contribution < -0.4 is 5.32 Å². The maximum atomic E-state index is 11.9. The molecule has 0 spiro atoms. The molecule has 2 N–H and O–H groups in total. The van der Waals surface area contributed by atoms with Crippen molar-refractivity contribution in [1.29, 1.82) is 0 Å². The quantitative estimate of drug-likeness (QED) is 0.520. The summed E-state index contributed by atoms with van der Waals surface area (Å²) in [6.45, 7) is 8.02. The van der Waals surface area contributed by atoms with Gasteiger partial charge >= 0.3 is 18.0 Å². The van der Waals surface area contributed by atoms with Gasteiger partial charge in [-0.15, -0.1) is 0 Å². The number of nitrogens with one attached hydrogen (secondary N) is 1. The highest BCUT2D eigenvalue weighted by Gasteiger charge is 2.26. The highest BCUT2D eigenvalue weighted by Crippen LogP contribution is 2.11. The molecule has 0 radical (unpaired) electrons. The van der Waals surface area contributed by atoms with E-state index in [-0.39, 0.29) is 17.9 Å².